The lowest BCUT2D eigenvalue weighted by atomic mass is 10.2. The van der Waals surface area contributed by atoms with E-state index in [1.54, 1.807) is 12.1 Å². The van der Waals surface area contributed by atoms with Crippen LogP contribution in [-0.2, 0) is 9.53 Å². The molecule has 2 rings (SSSR count). The SMILES string of the molecule is Nc1ccc(NC(=O)CCCN2CCOCC2)cc1. The first-order valence-electron chi connectivity index (χ1n) is 6.69. The van der Waals surface area contributed by atoms with Crippen molar-refractivity contribution >= 4 is 17.3 Å². The monoisotopic (exact) mass is 263 g/mol. The third kappa shape index (κ3) is 4.89. The first-order valence-corrected chi connectivity index (χ1v) is 6.69. The second-order valence-electron chi connectivity index (χ2n) is 4.73. The van der Waals surface area contributed by atoms with Crippen LogP contribution in [0.15, 0.2) is 24.3 Å². The van der Waals surface area contributed by atoms with E-state index in [4.69, 9.17) is 10.5 Å². The summed E-state index contributed by atoms with van der Waals surface area (Å²) in [5.74, 6) is 0.0537. The Morgan fingerprint density at radius 2 is 1.95 bits per heavy atom. The summed E-state index contributed by atoms with van der Waals surface area (Å²) in [7, 11) is 0. The van der Waals surface area contributed by atoms with Crippen molar-refractivity contribution < 1.29 is 9.53 Å². The number of ether oxygens (including phenoxy) is 1. The fourth-order valence-corrected chi connectivity index (χ4v) is 2.08. The minimum absolute atomic E-state index is 0.0537. The Labute approximate surface area is 113 Å². The molecule has 1 heterocycles. The third-order valence-electron chi connectivity index (χ3n) is 3.18. The van der Waals surface area contributed by atoms with Gasteiger partial charge in [0.05, 0.1) is 13.2 Å². The number of nitrogen functional groups attached to an aromatic ring is 1. The van der Waals surface area contributed by atoms with Gasteiger partial charge in [-0.25, -0.2) is 0 Å². The number of hydrogen-bond acceptors (Lipinski definition) is 4. The van der Waals surface area contributed by atoms with Gasteiger partial charge < -0.3 is 15.8 Å². The summed E-state index contributed by atoms with van der Waals surface area (Å²) < 4.78 is 5.28. The number of carbonyl (C=O) groups excluding carboxylic acids is 1. The molecule has 0 radical (unpaired) electrons. The van der Waals surface area contributed by atoms with Crippen molar-refractivity contribution in [3.8, 4) is 0 Å². The zero-order chi connectivity index (χ0) is 13.5. The number of nitrogens with two attached hydrogens (primary N) is 1. The van der Waals surface area contributed by atoms with E-state index in [0.29, 0.717) is 12.1 Å². The second-order valence-corrected chi connectivity index (χ2v) is 4.73. The highest BCUT2D eigenvalue weighted by Crippen LogP contribution is 2.11. The topological polar surface area (TPSA) is 67.6 Å². The van der Waals surface area contributed by atoms with Crippen molar-refractivity contribution in [2.75, 3.05) is 43.9 Å². The summed E-state index contributed by atoms with van der Waals surface area (Å²) in [5, 5.41) is 2.87. The zero-order valence-corrected chi connectivity index (χ0v) is 11.1. The maximum Gasteiger partial charge on any atom is 0.224 e. The first kappa shape index (κ1) is 13.8. The molecular formula is C14H21N3O2. The lowest BCUT2D eigenvalue weighted by Gasteiger charge is -2.26. The van der Waals surface area contributed by atoms with Gasteiger partial charge in [-0.15, -0.1) is 0 Å². The molecule has 3 N–H and O–H groups in total. The van der Waals surface area contributed by atoms with Gasteiger partial charge in [0.2, 0.25) is 5.91 Å². The smallest absolute Gasteiger partial charge is 0.224 e. The molecule has 0 saturated carbocycles. The van der Waals surface area contributed by atoms with E-state index in [-0.39, 0.29) is 5.91 Å². The average Bonchev–Trinajstić information content (AvgIpc) is 2.43. The van der Waals surface area contributed by atoms with Gasteiger partial charge in [0.1, 0.15) is 0 Å². The number of anilines is 2. The number of amides is 1. The van der Waals surface area contributed by atoms with E-state index in [9.17, 15) is 4.79 Å². The summed E-state index contributed by atoms with van der Waals surface area (Å²) >= 11 is 0. The largest absolute Gasteiger partial charge is 0.399 e. The van der Waals surface area contributed by atoms with Gasteiger partial charge in [0.25, 0.3) is 0 Å². The Morgan fingerprint density at radius 3 is 2.63 bits per heavy atom. The van der Waals surface area contributed by atoms with Gasteiger partial charge in [0.15, 0.2) is 0 Å². The molecule has 0 spiro atoms. The molecule has 0 unspecified atom stereocenters. The summed E-state index contributed by atoms with van der Waals surface area (Å²) in [5.41, 5.74) is 7.09. The van der Waals surface area contributed by atoms with Crippen molar-refractivity contribution in [1.82, 2.24) is 4.90 Å². The standard InChI is InChI=1S/C14H21N3O2/c15-12-3-5-13(6-4-12)16-14(18)2-1-7-17-8-10-19-11-9-17/h3-6H,1-2,7-11,15H2,(H,16,18). The molecule has 1 saturated heterocycles. The van der Waals surface area contributed by atoms with Gasteiger partial charge >= 0.3 is 0 Å². The normalized spacial score (nSPS) is 16.2. The summed E-state index contributed by atoms with van der Waals surface area (Å²) in [6, 6.07) is 7.19. The van der Waals surface area contributed by atoms with Crippen LogP contribution in [-0.4, -0.2) is 43.7 Å². The summed E-state index contributed by atoms with van der Waals surface area (Å²) in [4.78, 5) is 14.1. The summed E-state index contributed by atoms with van der Waals surface area (Å²) in [6.45, 7) is 4.51. The van der Waals surface area contributed by atoms with Crippen LogP contribution >= 0.6 is 0 Å². The van der Waals surface area contributed by atoms with Crippen LogP contribution < -0.4 is 11.1 Å². The molecule has 0 atom stereocenters. The molecule has 19 heavy (non-hydrogen) atoms. The molecule has 0 bridgehead atoms. The van der Waals surface area contributed by atoms with E-state index >= 15 is 0 Å². The van der Waals surface area contributed by atoms with Crippen LogP contribution in [0.3, 0.4) is 0 Å². The van der Waals surface area contributed by atoms with Crippen molar-refractivity contribution in [1.29, 1.82) is 0 Å². The predicted molar refractivity (Wildman–Crippen MR) is 76.0 cm³/mol. The number of rotatable bonds is 5. The van der Waals surface area contributed by atoms with Gasteiger partial charge in [-0.05, 0) is 37.2 Å². The lowest BCUT2D eigenvalue weighted by molar-refractivity contribution is -0.116. The molecule has 1 aliphatic heterocycles. The minimum Gasteiger partial charge on any atom is -0.399 e. The number of morpholine rings is 1. The van der Waals surface area contributed by atoms with E-state index in [1.165, 1.54) is 0 Å². The van der Waals surface area contributed by atoms with Crippen molar-refractivity contribution in [2.24, 2.45) is 0 Å². The Hall–Kier alpha value is -1.59. The summed E-state index contributed by atoms with van der Waals surface area (Å²) in [6.07, 6.45) is 1.42. The fourth-order valence-electron chi connectivity index (χ4n) is 2.08. The van der Waals surface area contributed by atoms with Crippen molar-refractivity contribution in [2.45, 2.75) is 12.8 Å². The highest BCUT2D eigenvalue weighted by atomic mass is 16.5. The van der Waals surface area contributed by atoms with Crippen LogP contribution in [0.25, 0.3) is 0 Å². The molecule has 1 fully saturated rings. The number of benzene rings is 1. The Kier molecular flexibility index (Phi) is 5.18. The minimum atomic E-state index is 0.0537. The van der Waals surface area contributed by atoms with Crippen molar-refractivity contribution in [3.63, 3.8) is 0 Å². The highest BCUT2D eigenvalue weighted by Gasteiger charge is 2.10. The van der Waals surface area contributed by atoms with E-state index in [2.05, 4.69) is 10.2 Å². The molecule has 5 nitrogen and oxygen atoms in total. The van der Waals surface area contributed by atoms with Crippen LogP contribution in [0.1, 0.15) is 12.8 Å². The second kappa shape index (κ2) is 7.11. The van der Waals surface area contributed by atoms with Gasteiger partial charge in [-0.3, -0.25) is 9.69 Å². The molecule has 5 heteroatoms. The molecule has 1 aromatic carbocycles. The van der Waals surface area contributed by atoms with Crippen LogP contribution in [0.4, 0.5) is 11.4 Å². The van der Waals surface area contributed by atoms with Crippen LogP contribution in [0.2, 0.25) is 0 Å². The maximum atomic E-state index is 11.8. The number of carbonyl (C=O) groups is 1. The lowest BCUT2D eigenvalue weighted by Crippen LogP contribution is -2.37. The molecule has 1 aromatic rings. The van der Waals surface area contributed by atoms with E-state index in [1.807, 2.05) is 12.1 Å². The molecular weight excluding hydrogens is 242 g/mol. The molecule has 1 aliphatic rings. The molecule has 0 aliphatic carbocycles. The number of hydrogen-bond donors (Lipinski definition) is 2. The van der Waals surface area contributed by atoms with Gasteiger partial charge in [-0.2, -0.15) is 0 Å². The van der Waals surface area contributed by atoms with Gasteiger partial charge in [0, 0.05) is 30.9 Å². The van der Waals surface area contributed by atoms with Crippen molar-refractivity contribution in [3.05, 3.63) is 24.3 Å². The number of nitrogens with zero attached hydrogens (tertiary/aromatic N) is 1. The Balaban J connectivity index is 1.65. The van der Waals surface area contributed by atoms with Crippen LogP contribution in [0.5, 0.6) is 0 Å². The Morgan fingerprint density at radius 1 is 1.26 bits per heavy atom. The zero-order valence-electron chi connectivity index (χ0n) is 11.1. The molecule has 0 aromatic heterocycles. The van der Waals surface area contributed by atoms with Gasteiger partial charge in [-0.1, -0.05) is 0 Å². The fraction of sp³-hybridized carbons (Fsp3) is 0.500. The quantitative estimate of drug-likeness (QED) is 0.786. The molecule has 1 amide bonds. The third-order valence-corrected chi connectivity index (χ3v) is 3.18. The predicted octanol–water partition coefficient (Wildman–Crippen LogP) is 1.32. The van der Waals surface area contributed by atoms with E-state index in [0.717, 1.165) is 45.0 Å². The first-order chi connectivity index (χ1) is 9.24. The maximum absolute atomic E-state index is 11.8. The van der Waals surface area contributed by atoms with E-state index < -0.39 is 0 Å². The number of nitrogens with one attached hydrogen (secondary N) is 1. The average molecular weight is 263 g/mol. The Bertz CT molecular complexity index is 400. The molecule has 104 valence electrons. The highest BCUT2D eigenvalue weighted by molar-refractivity contribution is 5.90. The van der Waals surface area contributed by atoms with Crippen LogP contribution in [0, 0.1) is 0 Å².